The lowest BCUT2D eigenvalue weighted by molar-refractivity contribution is 0.161. The molecule has 2 aromatic rings. The van der Waals surface area contributed by atoms with Crippen LogP contribution in [0.5, 0.6) is 0 Å². The first kappa shape index (κ1) is 15.1. The highest BCUT2D eigenvalue weighted by atomic mass is 32.2. The molecule has 0 saturated heterocycles. The molecule has 20 heavy (non-hydrogen) atoms. The Balaban J connectivity index is 2.06. The first-order valence-corrected chi connectivity index (χ1v) is 8.50. The molecule has 0 unspecified atom stereocenters. The van der Waals surface area contributed by atoms with Gasteiger partial charge in [-0.15, -0.1) is 11.8 Å². The smallest absolute Gasteiger partial charge is 0.413 e. The number of hydrogen-bond donors (Lipinski definition) is 1. The summed E-state index contributed by atoms with van der Waals surface area (Å²) in [5.41, 5.74) is 0.904. The van der Waals surface area contributed by atoms with Crippen LogP contribution in [0.15, 0.2) is 23.1 Å². The Morgan fingerprint density at radius 1 is 1.40 bits per heavy atom. The summed E-state index contributed by atoms with van der Waals surface area (Å²) in [5, 5.41) is 3.25. The third-order valence-corrected chi connectivity index (χ3v) is 4.61. The van der Waals surface area contributed by atoms with Crippen molar-refractivity contribution in [1.82, 2.24) is 4.98 Å². The maximum Gasteiger partial charge on any atom is 0.413 e. The molecular weight excluding hydrogens is 292 g/mol. The third kappa shape index (κ3) is 4.11. The minimum atomic E-state index is -0.438. The van der Waals surface area contributed by atoms with E-state index in [4.69, 9.17) is 4.74 Å². The summed E-state index contributed by atoms with van der Waals surface area (Å²) in [6.45, 7) is 4.55. The molecular formula is C14H18N2O2S2. The van der Waals surface area contributed by atoms with E-state index >= 15 is 0 Å². The van der Waals surface area contributed by atoms with Crippen LogP contribution in [0.1, 0.15) is 26.7 Å². The van der Waals surface area contributed by atoms with Crippen LogP contribution >= 0.6 is 23.1 Å². The van der Waals surface area contributed by atoms with Crippen LogP contribution in [0, 0.1) is 0 Å². The van der Waals surface area contributed by atoms with Crippen LogP contribution in [0.25, 0.3) is 10.2 Å². The zero-order valence-electron chi connectivity index (χ0n) is 11.6. The Hall–Kier alpha value is -1.27. The van der Waals surface area contributed by atoms with Gasteiger partial charge in [-0.25, -0.2) is 9.78 Å². The number of thiazole rings is 1. The molecule has 1 amide bonds. The molecule has 2 rings (SSSR count). The Bertz CT molecular complexity index is 584. The number of carbonyl (C=O) groups excluding carboxylic acids is 1. The topological polar surface area (TPSA) is 51.2 Å². The number of amides is 1. The molecule has 1 aromatic heterocycles. The fourth-order valence-corrected chi connectivity index (χ4v) is 3.36. The summed E-state index contributed by atoms with van der Waals surface area (Å²) in [5.74, 6) is 1.11. The number of carbonyl (C=O) groups is 1. The molecule has 0 saturated carbocycles. The Morgan fingerprint density at radius 3 is 3.00 bits per heavy atom. The van der Waals surface area contributed by atoms with E-state index in [9.17, 15) is 4.79 Å². The van der Waals surface area contributed by atoms with E-state index < -0.39 is 6.09 Å². The van der Waals surface area contributed by atoms with E-state index in [-0.39, 0.29) is 0 Å². The fraction of sp³-hybridized carbons (Fsp3) is 0.429. The molecule has 0 fully saturated rings. The predicted molar refractivity (Wildman–Crippen MR) is 85.9 cm³/mol. The van der Waals surface area contributed by atoms with Gasteiger partial charge in [-0.1, -0.05) is 25.2 Å². The molecule has 1 aromatic carbocycles. The second kappa shape index (κ2) is 7.50. The number of hydrogen-bond acceptors (Lipinski definition) is 5. The molecule has 1 heterocycles. The van der Waals surface area contributed by atoms with Crippen molar-refractivity contribution in [2.24, 2.45) is 0 Å². The van der Waals surface area contributed by atoms with Gasteiger partial charge >= 0.3 is 6.09 Å². The SMILES string of the molecule is CCCOC(=O)Nc1nc2ccc(SCCC)cc2s1. The van der Waals surface area contributed by atoms with Crippen LogP contribution in [-0.2, 0) is 4.74 Å². The molecule has 0 radical (unpaired) electrons. The largest absolute Gasteiger partial charge is 0.449 e. The first-order valence-electron chi connectivity index (χ1n) is 6.70. The molecule has 1 N–H and O–H groups in total. The zero-order valence-corrected chi connectivity index (χ0v) is 13.3. The molecule has 0 aliphatic carbocycles. The Morgan fingerprint density at radius 2 is 2.25 bits per heavy atom. The van der Waals surface area contributed by atoms with Gasteiger partial charge in [0.05, 0.1) is 16.8 Å². The quantitative estimate of drug-likeness (QED) is 0.782. The molecule has 0 spiro atoms. The van der Waals surface area contributed by atoms with Crippen LogP contribution in [-0.4, -0.2) is 23.4 Å². The molecule has 0 atom stereocenters. The summed E-state index contributed by atoms with van der Waals surface area (Å²) in [7, 11) is 0. The van der Waals surface area contributed by atoms with Gasteiger partial charge < -0.3 is 4.74 Å². The number of nitrogens with zero attached hydrogens (tertiary/aromatic N) is 1. The average molecular weight is 310 g/mol. The number of benzene rings is 1. The number of ether oxygens (including phenoxy) is 1. The van der Waals surface area contributed by atoms with Crippen molar-refractivity contribution in [2.45, 2.75) is 31.6 Å². The lowest BCUT2D eigenvalue weighted by atomic mass is 10.3. The van der Waals surface area contributed by atoms with Crippen molar-refractivity contribution in [1.29, 1.82) is 0 Å². The van der Waals surface area contributed by atoms with E-state index in [0.717, 1.165) is 28.8 Å². The average Bonchev–Trinajstić information content (AvgIpc) is 2.84. The summed E-state index contributed by atoms with van der Waals surface area (Å²) >= 11 is 3.31. The number of thioether (sulfide) groups is 1. The van der Waals surface area contributed by atoms with Crippen LogP contribution < -0.4 is 5.32 Å². The number of anilines is 1. The van der Waals surface area contributed by atoms with E-state index in [1.54, 1.807) is 0 Å². The second-order valence-corrected chi connectivity index (χ2v) is 6.46. The highest BCUT2D eigenvalue weighted by molar-refractivity contribution is 7.99. The summed E-state index contributed by atoms with van der Waals surface area (Å²) in [4.78, 5) is 17.1. The maximum absolute atomic E-state index is 11.5. The van der Waals surface area contributed by atoms with Gasteiger partial charge in [0.2, 0.25) is 0 Å². The summed E-state index contributed by atoms with van der Waals surface area (Å²) < 4.78 is 6.06. The zero-order chi connectivity index (χ0) is 14.4. The lowest BCUT2D eigenvalue weighted by Crippen LogP contribution is -2.13. The van der Waals surface area contributed by atoms with E-state index in [2.05, 4.69) is 29.4 Å². The molecule has 6 heteroatoms. The van der Waals surface area contributed by atoms with Crippen LogP contribution in [0.3, 0.4) is 0 Å². The monoisotopic (exact) mass is 310 g/mol. The Kier molecular flexibility index (Phi) is 5.67. The summed E-state index contributed by atoms with van der Waals surface area (Å²) in [6.07, 6.45) is 1.53. The van der Waals surface area contributed by atoms with Crippen molar-refractivity contribution in [3.8, 4) is 0 Å². The molecule has 4 nitrogen and oxygen atoms in total. The fourth-order valence-electron chi connectivity index (χ4n) is 1.59. The highest BCUT2D eigenvalue weighted by Crippen LogP contribution is 2.30. The molecule has 108 valence electrons. The number of nitrogens with one attached hydrogen (secondary N) is 1. The maximum atomic E-state index is 11.5. The van der Waals surface area contributed by atoms with Crippen molar-refractivity contribution in [3.05, 3.63) is 18.2 Å². The van der Waals surface area contributed by atoms with Gasteiger partial charge in [-0.3, -0.25) is 5.32 Å². The predicted octanol–water partition coefficient (Wildman–Crippen LogP) is 4.76. The van der Waals surface area contributed by atoms with Gasteiger partial charge in [0.25, 0.3) is 0 Å². The standard InChI is InChI=1S/C14H18N2O2S2/c1-3-7-18-14(17)16-13-15-11-6-5-10(19-8-4-2)9-12(11)20-13/h5-6,9H,3-4,7-8H2,1-2H3,(H,15,16,17). The van der Waals surface area contributed by atoms with Crippen molar-refractivity contribution < 1.29 is 9.53 Å². The van der Waals surface area contributed by atoms with E-state index in [0.29, 0.717) is 11.7 Å². The number of aromatic nitrogens is 1. The highest BCUT2D eigenvalue weighted by Gasteiger charge is 2.08. The van der Waals surface area contributed by atoms with E-state index in [1.807, 2.05) is 24.8 Å². The summed E-state index contributed by atoms with van der Waals surface area (Å²) in [6, 6.07) is 6.18. The first-order chi connectivity index (χ1) is 9.72. The minimum absolute atomic E-state index is 0.425. The second-order valence-electron chi connectivity index (χ2n) is 4.26. The van der Waals surface area contributed by atoms with Gasteiger partial charge in [-0.2, -0.15) is 0 Å². The van der Waals surface area contributed by atoms with E-state index in [1.165, 1.54) is 16.2 Å². The van der Waals surface area contributed by atoms with Crippen molar-refractivity contribution in [2.75, 3.05) is 17.7 Å². The van der Waals surface area contributed by atoms with Gasteiger partial charge in [-0.05, 0) is 36.8 Å². The van der Waals surface area contributed by atoms with Gasteiger partial charge in [0.1, 0.15) is 0 Å². The van der Waals surface area contributed by atoms with Gasteiger partial charge in [0, 0.05) is 4.90 Å². The lowest BCUT2D eigenvalue weighted by Gasteiger charge is -2.01. The van der Waals surface area contributed by atoms with Gasteiger partial charge in [0.15, 0.2) is 5.13 Å². The number of fused-ring (bicyclic) bond motifs is 1. The normalized spacial score (nSPS) is 10.7. The third-order valence-electron chi connectivity index (χ3n) is 2.48. The number of rotatable bonds is 6. The molecule has 0 aliphatic heterocycles. The minimum Gasteiger partial charge on any atom is -0.449 e. The molecule has 0 aliphatic rings. The van der Waals surface area contributed by atoms with Crippen LogP contribution in [0.2, 0.25) is 0 Å². The molecule has 0 bridgehead atoms. The van der Waals surface area contributed by atoms with Crippen molar-refractivity contribution in [3.63, 3.8) is 0 Å². The Labute approximate surface area is 126 Å². The van der Waals surface area contributed by atoms with Crippen molar-refractivity contribution >= 4 is 44.5 Å². The van der Waals surface area contributed by atoms with Crippen LogP contribution in [0.4, 0.5) is 9.93 Å².